The van der Waals surface area contributed by atoms with E-state index in [0.29, 0.717) is 6.42 Å². The number of hydrogen-bond acceptors (Lipinski definition) is 3. The minimum absolute atomic E-state index is 0.0126. The maximum Gasteiger partial charge on any atom is 0.317 e. The summed E-state index contributed by atoms with van der Waals surface area (Å²) in [5.74, 6) is 0.273. The van der Waals surface area contributed by atoms with E-state index >= 15 is 0 Å². The molecule has 0 aromatic heterocycles. The van der Waals surface area contributed by atoms with Crippen LogP contribution in [0.1, 0.15) is 44.6 Å². The summed E-state index contributed by atoms with van der Waals surface area (Å²) >= 11 is 0. The molecule has 23 heavy (non-hydrogen) atoms. The zero-order valence-electron chi connectivity index (χ0n) is 13.9. The zero-order valence-corrected chi connectivity index (χ0v) is 13.9. The fourth-order valence-electron chi connectivity index (χ4n) is 3.13. The van der Waals surface area contributed by atoms with Crippen molar-refractivity contribution < 1.29 is 15.0 Å². The Labute approximate surface area is 138 Å². The highest BCUT2D eigenvalue weighted by Gasteiger charge is 2.26. The van der Waals surface area contributed by atoms with Gasteiger partial charge in [-0.05, 0) is 63.1 Å². The molecule has 0 aliphatic carbocycles. The summed E-state index contributed by atoms with van der Waals surface area (Å²) in [6.07, 6.45) is 5.53. The minimum atomic E-state index is -0.0126. The lowest BCUT2D eigenvalue weighted by Gasteiger charge is -2.36. The van der Waals surface area contributed by atoms with E-state index in [-0.39, 0.29) is 30.5 Å². The van der Waals surface area contributed by atoms with Crippen LogP contribution in [0.2, 0.25) is 0 Å². The minimum Gasteiger partial charge on any atom is -0.508 e. The first-order valence-corrected chi connectivity index (χ1v) is 8.56. The number of hydrogen-bond donors (Lipinski definition) is 3. The molecule has 0 radical (unpaired) electrons. The Bertz CT molecular complexity index is 488. The van der Waals surface area contributed by atoms with Gasteiger partial charge in [-0.15, -0.1) is 0 Å². The van der Waals surface area contributed by atoms with E-state index < -0.39 is 0 Å². The van der Waals surface area contributed by atoms with Crippen LogP contribution in [0.15, 0.2) is 24.3 Å². The van der Waals surface area contributed by atoms with Crippen molar-refractivity contribution in [3.63, 3.8) is 0 Å². The number of rotatable bonds is 6. The molecule has 0 bridgehead atoms. The van der Waals surface area contributed by atoms with Crippen LogP contribution in [0.5, 0.6) is 5.75 Å². The number of piperidine rings is 1. The number of aromatic hydroxyl groups is 1. The maximum atomic E-state index is 12.4. The first kappa shape index (κ1) is 17.6. The van der Waals surface area contributed by atoms with Gasteiger partial charge in [0.05, 0.1) is 0 Å². The third kappa shape index (κ3) is 5.43. The molecule has 3 N–H and O–H groups in total. The van der Waals surface area contributed by atoms with E-state index in [9.17, 15) is 9.90 Å². The van der Waals surface area contributed by atoms with Gasteiger partial charge < -0.3 is 20.4 Å². The van der Waals surface area contributed by atoms with Gasteiger partial charge >= 0.3 is 6.03 Å². The summed E-state index contributed by atoms with van der Waals surface area (Å²) < 4.78 is 0. The smallest absolute Gasteiger partial charge is 0.317 e. The second-order valence-electron chi connectivity index (χ2n) is 6.41. The summed E-state index contributed by atoms with van der Waals surface area (Å²) in [5, 5.41) is 21.5. The molecule has 2 atom stereocenters. The SMILES string of the molecule is CC(CCc1ccc(O)cc1)NC(=O)N1CCCCC1CCO. The molecule has 1 aliphatic rings. The Balaban J connectivity index is 1.80. The summed E-state index contributed by atoms with van der Waals surface area (Å²) in [5.41, 5.74) is 1.15. The third-order valence-electron chi connectivity index (χ3n) is 4.52. The molecular formula is C18H28N2O3. The van der Waals surface area contributed by atoms with Crippen molar-refractivity contribution in [2.24, 2.45) is 0 Å². The van der Waals surface area contributed by atoms with Crippen LogP contribution in [0.25, 0.3) is 0 Å². The summed E-state index contributed by atoms with van der Waals surface area (Å²) in [6, 6.07) is 7.43. The number of likely N-dealkylation sites (tertiary alicyclic amines) is 1. The van der Waals surface area contributed by atoms with Crippen LogP contribution in [0, 0.1) is 0 Å². The number of aliphatic hydroxyl groups excluding tert-OH is 1. The molecule has 1 fully saturated rings. The average Bonchev–Trinajstić information content (AvgIpc) is 2.55. The van der Waals surface area contributed by atoms with Gasteiger partial charge in [0.25, 0.3) is 0 Å². The number of aliphatic hydroxyl groups is 1. The highest BCUT2D eigenvalue weighted by molar-refractivity contribution is 5.75. The predicted octanol–water partition coefficient (Wildman–Crippen LogP) is 2.66. The lowest BCUT2D eigenvalue weighted by atomic mass is 10.00. The van der Waals surface area contributed by atoms with Gasteiger partial charge in [0, 0.05) is 25.2 Å². The second-order valence-corrected chi connectivity index (χ2v) is 6.41. The lowest BCUT2D eigenvalue weighted by Crippen LogP contribution is -2.51. The number of urea groups is 1. The fraction of sp³-hybridized carbons (Fsp3) is 0.611. The van der Waals surface area contributed by atoms with Crippen molar-refractivity contribution in [3.05, 3.63) is 29.8 Å². The zero-order chi connectivity index (χ0) is 16.7. The number of carbonyl (C=O) groups excluding carboxylic acids is 1. The van der Waals surface area contributed by atoms with E-state index in [4.69, 9.17) is 5.11 Å². The van der Waals surface area contributed by atoms with E-state index in [1.54, 1.807) is 12.1 Å². The van der Waals surface area contributed by atoms with Gasteiger partial charge in [0.1, 0.15) is 5.75 Å². The summed E-state index contributed by atoms with van der Waals surface area (Å²) in [6.45, 7) is 2.93. The molecule has 1 aliphatic heterocycles. The maximum absolute atomic E-state index is 12.4. The van der Waals surface area contributed by atoms with Crippen LogP contribution in [0.4, 0.5) is 4.79 Å². The molecule has 128 valence electrons. The van der Waals surface area contributed by atoms with Crippen LogP contribution >= 0.6 is 0 Å². The lowest BCUT2D eigenvalue weighted by molar-refractivity contribution is 0.129. The first-order valence-electron chi connectivity index (χ1n) is 8.56. The number of nitrogens with zero attached hydrogens (tertiary/aromatic N) is 1. The van der Waals surface area contributed by atoms with Crippen molar-refractivity contribution in [1.82, 2.24) is 10.2 Å². The number of phenols is 1. The van der Waals surface area contributed by atoms with Crippen molar-refractivity contribution in [3.8, 4) is 5.75 Å². The Hall–Kier alpha value is -1.75. The molecule has 2 unspecified atom stereocenters. The monoisotopic (exact) mass is 320 g/mol. The topological polar surface area (TPSA) is 72.8 Å². The van der Waals surface area contributed by atoms with Crippen LogP contribution in [0.3, 0.4) is 0 Å². The van der Waals surface area contributed by atoms with Gasteiger partial charge in [0.2, 0.25) is 0 Å². The first-order chi connectivity index (χ1) is 11.1. The molecule has 5 heteroatoms. The molecular weight excluding hydrogens is 292 g/mol. The van der Waals surface area contributed by atoms with E-state index in [1.807, 2.05) is 24.0 Å². The molecule has 5 nitrogen and oxygen atoms in total. The second kappa shape index (κ2) is 8.77. The number of phenolic OH excluding ortho intramolecular Hbond substituents is 1. The van der Waals surface area contributed by atoms with Gasteiger partial charge in [-0.25, -0.2) is 4.79 Å². The number of nitrogens with one attached hydrogen (secondary N) is 1. The molecule has 0 spiro atoms. The summed E-state index contributed by atoms with van der Waals surface area (Å²) in [4.78, 5) is 14.3. The van der Waals surface area contributed by atoms with Gasteiger partial charge in [-0.3, -0.25) is 0 Å². The van der Waals surface area contributed by atoms with E-state index in [2.05, 4.69) is 5.32 Å². The fourth-order valence-corrected chi connectivity index (χ4v) is 3.13. The van der Waals surface area contributed by atoms with E-state index in [0.717, 1.165) is 44.2 Å². The third-order valence-corrected chi connectivity index (χ3v) is 4.52. The van der Waals surface area contributed by atoms with Crippen molar-refractivity contribution in [1.29, 1.82) is 0 Å². The largest absolute Gasteiger partial charge is 0.508 e. The van der Waals surface area contributed by atoms with Gasteiger partial charge in [0.15, 0.2) is 0 Å². The molecule has 2 amide bonds. The van der Waals surface area contributed by atoms with E-state index in [1.165, 1.54) is 0 Å². The van der Waals surface area contributed by atoms with Crippen LogP contribution in [-0.2, 0) is 6.42 Å². The normalized spacial score (nSPS) is 19.4. The predicted molar refractivity (Wildman–Crippen MR) is 90.5 cm³/mol. The highest BCUT2D eigenvalue weighted by Crippen LogP contribution is 2.20. The number of amides is 2. The van der Waals surface area contributed by atoms with Gasteiger partial charge in [-0.1, -0.05) is 12.1 Å². The molecule has 1 saturated heterocycles. The standard InChI is InChI=1S/C18H28N2O3/c1-14(5-6-15-7-9-17(22)10-8-15)19-18(23)20-12-3-2-4-16(20)11-13-21/h7-10,14,16,21-22H,2-6,11-13H2,1H3,(H,19,23). The molecule has 1 heterocycles. The number of carbonyl (C=O) groups is 1. The van der Waals surface area contributed by atoms with Crippen molar-refractivity contribution >= 4 is 6.03 Å². The summed E-state index contributed by atoms with van der Waals surface area (Å²) in [7, 11) is 0. The Morgan fingerprint density at radius 1 is 1.35 bits per heavy atom. The van der Waals surface area contributed by atoms with Crippen LogP contribution < -0.4 is 5.32 Å². The quantitative estimate of drug-likeness (QED) is 0.754. The number of benzene rings is 1. The molecule has 1 aromatic carbocycles. The Morgan fingerprint density at radius 2 is 2.09 bits per heavy atom. The van der Waals surface area contributed by atoms with Crippen molar-refractivity contribution in [2.75, 3.05) is 13.2 Å². The van der Waals surface area contributed by atoms with Gasteiger partial charge in [-0.2, -0.15) is 0 Å². The van der Waals surface area contributed by atoms with Crippen LogP contribution in [-0.4, -0.2) is 46.4 Å². The Kier molecular flexibility index (Phi) is 6.71. The average molecular weight is 320 g/mol. The van der Waals surface area contributed by atoms with Crippen molar-refractivity contribution in [2.45, 2.75) is 57.5 Å². The number of aryl methyl sites for hydroxylation is 1. The highest BCUT2D eigenvalue weighted by atomic mass is 16.3. The molecule has 1 aromatic rings. The molecule has 0 saturated carbocycles. The Morgan fingerprint density at radius 3 is 2.78 bits per heavy atom. The molecule has 2 rings (SSSR count).